The maximum Gasteiger partial charge on any atom is 0.134 e. The van der Waals surface area contributed by atoms with Crippen molar-refractivity contribution in [1.82, 2.24) is 19.9 Å². The summed E-state index contributed by atoms with van der Waals surface area (Å²) >= 11 is 0. The second-order valence-corrected chi connectivity index (χ2v) is 11.0. The van der Waals surface area contributed by atoms with Crippen molar-refractivity contribution in [2.45, 2.75) is 0 Å². The first-order valence-corrected chi connectivity index (χ1v) is 14.5. The summed E-state index contributed by atoms with van der Waals surface area (Å²) < 4.78 is 92.4. The third-order valence-electron chi connectivity index (χ3n) is 8.22. The third kappa shape index (κ3) is 4.60. The van der Waals surface area contributed by atoms with E-state index in [1.807, 2.05) is 0 Å². The molecule has 0 atom stereocenters. The Labute approximate surface area is 262 Å². The van der Waals surface area contributed by atoms with Crippen molar-refractivity contribution in [3.8, 4) is 33.4 Å². The number of nitrogens with one attached hydrogen (secondary N) is 3. The molecule has 1 aliphatic rings. The smallest absolute Gasteiger partial charge is 0.134 e. The van der Waals surface area contributed by atoms with Crippen molar-refractivity contribution in [3.63, 3.8) is 0 Å². The van der Waals surface area contributed by atoms with E-state index in [0.29, 0.717) is 22.1 Å². The molecule has 0 saturated heterocycles. The molecule has 8 rings (SSSR count). The fourth-order valence-corrected chi connectivity index (χ4v) is 6.15. The lowest BCUT2D eigenvalue weighted by Crippen LogP contribution is -1.95. The van der Waals surface area contributed by atoms with E-state index >= 15 is 26.3 Å². The van der Waals surface area contributed by atoms with E-state index in [2.05, 4.69) is 19.9 Å². The summed E-state index contributed by atoms with van der Waals surface area (Å²) in [6, 6.07) is 20.1. The topological polar surface area (TPSA) is 60.3 Å². The predicted octanol–water partition coefficient (Wildman–Crippen LogP) is 10.5. The average Bonchev–Trinajstić information content (AvgIpc) is 3.86. The lowest BCUT2D eigenvalue weighted by atomic mass is 10.0. The monoisotopic (exact) mass is 634 g/mol. The zero-order valence-corrected chi connectivity index (χ0v) is 24.0. The summed E-state index contributed by atoms with van der Waals surface area (Å²) in [7, 11) is 0. The first-order chi connectivity index (χ1) is 22.8. The van der Waals surface area contributed by atoms with Crippen LogP contribution in [-0.4, -0.2) is 19.9 Å². The third-order valence-corrected chi connectivity index (χ3v) is 8.22. The second kappa shape index (κ2) is 10.8. The molecule has 4 nitrogen and oxygen atoms in total. The molecule has 4 aromatic heterocycles. The van der Waals surface area contributed by atoms with Crippen LogP contribution < -0.4 is 0 Å². The number of H-pyrrole nitrogens is 3. The Morgan fingerprint density at radius 3 is 0.957 bits per heavy atom. The molecule has 0 unspecified atom stereocenters. The van der Waals surface area contributed by atoms with Gasteiger partial charge in [-0.2, -0.15) is 0 Å². The minimum absolute atomic E-state index is 0.0194. The lowest BCUT2D eigenvalue weighted by molar-refractivity contribution is 0.589. The van der Waals surface area contributed by atoms with Crippen molar-refractivity contribution in [3.05, 3.63) is 137 Å². The number of rotatable bonds is 3. The quantitative estimate of drug-likeness (QED) is 0.166. The van der Waals surface area contributed by atoms with Gasteiger partial charge in [-0.25, -0.2) is 31.3 Å². The molecule has 0 fully saturated rings. The van der Waals surface area contributed by atoms with Gasteiger partial charge in [-0.3, -0.25) is 0 Å². The highest BCUT2D eigenvalue weighted by Gasteiger charge is 2.23. The molecular weight excluding hydrogens is 614 g/mol. The van der Waals surface area contributed by atoms with Crippen molar-refractivity contribution >= 4 is 45.3 Å². The van der Waals surface area contributed by atoms with Gasteiger partial charge in [-0.05, 0) is 84.9 Å². The van der Waals surface area contributed by atoms with Gasteiger partial charge in [0.1, 0.15) is 34.9 Å². The summed E-state index contributed by atoms with van der Waals surface area (Å²) in [5.74, 6) is -5.13. The summed E-state index contributed by atoms with van der Waals surface area (Å²) in [4.78, 5) is 14.2. The molecule has 1 aliphatic heterocycles. The van der Waals surface area contributed by atoms with E-state index in [1.54, 1.807) is 30.3 Å². The highest BCUT2D eigenvalue weighted by Crippen LogP contribution is 2.39. The molecule has 5 heterocycles. The molecule has 0 radical (unpaired) electrons. The van der Waals surface area contributed by atoms with Crippen LogP contribution in [0.5, 0.6) is 0 Å². The van der Waals surface area contributed by atoms with Crippen LogP contribution in [0.15, 0.2) is 91.0 Å². The standard InChI is InChI=1S/C37H20F6N4/c38-18-4-1-5-19(39)32(18)35-26-12-10-24(44-26)25-11-13-27(45-25)36(33-20(40)6-2-7-21(33)41)29-15-17-31(47-29)37(30-16-14-28(35)46-30)34-22(42)8-3-9-23(34)43/h1-17,44-46H. The molecule has 3 N–H and O–H groups in total. The van der Waals surface area contributed by atoms with E-state index in [1.165, 1.54) is 36.4 Å². The van der Waals surface area contributed by atoms with Crippen molar-refractivity contribution in [2.75, 3.05) is 0 Å². The van der Waals surface area contributed by atoms with E-state index in [-0.39, 0.29) is 50.2 Å². The van der Waals surface area contributed by atoms with Gasteiger partial charge in [-0.1, -0.05) is 18.2 Å². The fourth-order valence-electron chi connectivity index (χ4n) is 6.15. The largest absolute Gasteiger partial charge is 0.354 e. The summed E-state index contributed by atoms with van der Waals surface area (Å²) in [5, 5.41) is 0. The normalized spacial score (nSPS) is 12.0. The highest BCUT2D eigenvalue weighted by molar-refractivity contribution is 6.00. The molecule has 10 heteroatoms. The molecule has 230 valence electrons. The Morgan fingerprint density at radius 1 is 0.319 bits per heavy atom. The SMILES string of the molecule is Fc1cccc(F)c1-c1c2nc(c(-c3c(F)cccc3F)c3ccc([nH]3)c3ccc([nH]3)c(-c3c(F)cccc3F)c3ccc1[nH]3)C=C2. The van der Waals surface area contributed by atoms with Crippen LogP contribution in [0.1, 0.15) is 11.4 Å². The molecule has 8 bridgehead atoms. The zero-order valence-electron chi connectivity index (χ0n) is 24.0. The van der Waals surface area contributed by atoms with E-state index in [9.17, 15) is 0 Å². The lowest BCUT2D eigenvalue weighted by Gasteiger charge is -2.08. The Hall–Kier alpha value is -6.03. The summed E-state index contributed by atoms with van der Waals surface area (Å²) in [6.45, 7) is 0. The zero-order chi connectivity index (χ0) is 32.4. The molecule has 47 heavy (non-hydrogen) atoms. The minimum Gasteiger partial charge on any atom is -0.354 e. The number of hydrogen-bond acceptors (Lipinski definition) is 1. The molecule has 0 spiro atoms. The Kier molecular flexibility index (Phi) is 6.54. The first-order valence-electron chi connectivity index (χ1n) is 14.5. The number of nitrogens with zero attached hydrogens (tertiary/aromatic N) is 1. The molecule has 0 aliphatic carbocycles. The Morgan fingerprint density at radius 2 is 0.596 bits per heavy atom. The van der Waals surface area contributed by atoms with Gasteiger partial charge < -0.3 is 15.0 Å². The molecule has 0 amide bonds. The minimum atomic E-state index is -0.893. The van der Waals surface area contributed by atoms with Gasteiger partial charge in [0.15, 0.2) is 0 Å². The Balaban J connectivity index is 1.62. The summed E-state index contributed by atoms with van der Waals surface area (Å²) in [6.07, 6.45) is 2.99. The highest BCUT2D eigenvalue weighted by atomic mass is 19.2. The molecule has 0 saturated carbocycles. The van der Waals surface area contributed by atoms with Crippen molar-refractivity contribution in [2.24, 2.45) is 0 Å². The van der Waals surface area contributed by atoms with Gasteiger partial charge >= 0.3 is 0 Å². The van der Waals surface area contributed by atoms with Gasteiger partial charge in [0.05, 0.1) is 39.1 Å². The van der Waals surface area contributed by atoms with Gasteiger partial charge in [0.2, 0.25) is 0 Å². The maximum absolute atomic E-state index is 15.5. The maximum atomic E-state index is 15.5. The van der Waals surface area contributed by atoms with Gasteiger partial charge in [0.25, 0.3) is 0 Å². The van der Waals surface area contributed by atoms with Crippen LogP contribution in [0.2, 0.25) is 0 Å². The number of benzene rings is 3. The second-order valence-electron chi connectivity index (χ2n) is 11.0. The first kappa shape index (κ1) is 28.4. The van der Waals surface area contributed by atoms with Crippen LogP contribution in [0.25, 0.3) is 78.6 Å². The molecule has 3 aromatic carbocycles. The number of halogens is 6. The molecular formula is C37H20F6N4. The van der Waals surface area contributed by atoms with Crippen LogP contribution in [-0.2, 0) is 0 Å². The van der Waals surface area contributed by atoms with Crippen molar-refractivity contribution in [1.29, 1.82) is 0 Å². The van der Waals surface area contributed by atoms with Crippen LogP contribution >= 0.6 is 0 Å². The Bertz CT molecular complexity index is 2500. The number of aromatic amines is 3. The van der Waals surface area contributed by atoms with Gasteiger partial charge in [-0.15, -0.1) is 0 Å². The van der Waals surface area contributed by atoms with Crippen LogP contribution in [0, 0.1) is 34.9 Å². The number of fused-ring (bicyclic) bond motifs is 9. The van der Waals surface area contributed by atoms with Crippen LogP contribution in [0.4, 0.5) is 26.3 Å². The van der Waals surface area contributed by atoms with E-state index in [4.69, 9.17) is 0 Å². The predicted molar refractivity (Wildman–Crippen MR) is 171 cm³/mol. The molecule has 7 aromatic rings. The van der Waals surface area contributed by atoms with E-state index < -0.39 is 40.5 Å². The number of aromatic nitrogens is 4. The van der Waals surface area contributed by atoms with Crippen LogP contribution in [0.3, 0.4) is 0 Å². The average molecular weight is 635 g/mol. The summed E-state index contributed by atoms with van der Waals surface area (Å²) in [5.41, 5.74) is 1.30. The van der Waals surface area contributed by atoms with Crippen molar-refractivity contribution < 1.29 is 26.3 Å². The van der Waals surface area contributed by atoms with E-state index in [0.717, 1.165) is 36.4 Å². The fraction of sp³-hybridized carbons (Fsp3) is 0. The van der Waals surface area contributed by atoms with Gasteiger partial charge in [0, 0.05) is 38.8 Å². The number of hydrogen-bond donors (Lipinski definition) is 3.